The van der Waals surface area contributed by atoms with Gasteiger partial charge < -0.3 is 19.0 Å². The van der Waals surface area contributed by atoms with E-state index in [1.54, 1.807) is 30.1 Å². The molecule has 2 aromatic carbocycles. The van der Waals surface area contributed by atoms with Crippen molar-refractivity contribution in [2.75, 3.05) is 38.3 Å². The summed E-state index contributed by atoms with van der Waals surface area (Å²) in [6, 6.07) is 14.6. The lowest BCUT2D eigenvalue weighted by Crippen LogP contribution is -2.37. The Morgan fingerprint density at radius 3 is 2.68 bits per heavy atom. The maximum atomic E-state index is 13.9. The topological polar surface area (TPSA) is 58.8 Å². The fraction of sp³-hybridized carbons (Fsp3) is 0.333. The Hall–Kier alpha value is -3.19. The van der Waals surface area contributed by atoms with Crippen LogP contribution in [0.1, 0.15) is 17.9 Å². The summed E-state index contributed by atoms with van der Waals surface area (Å²) in [5.74, 6) is 0.435. The molecule has 1 aliphatic rings. The molecule has 7 heteroatoms. The molecule has 162 valence electrons. The number of halogens is 1. The lowest BCUT2D eigenvalue weighted by molar-refractivity contribution is -0.130. The Labute approximate surface area is 181 Å². The van der Waals surface area contributed by atoms with Gasteiger partial charge >= 0.3 is 0 Å². The first-order chi connectivity index (χ1) is 15.1. The van der Waals surface area contributed by atoms with Crippen LogP contribution < -0.4 is 4.90 Å². The monoisotopic (exact) mass is 423 g/mol. The summed E-state index contributed by atoms with van der Waals surface area (Å²) in [6.45, 7) is 3.66. The third-order valence-corrected chi connectivity index (χ3v) is 5.42. The second-order valence-corrected chi connectivity index (χ2v) is 7.58. The summed E-state index contributed by atoms with van der Waals surface area (Å²) in [4.78, 5) is 20.9. The number of carbonyl (C=O) groups is 1. The highest BCUT2D eigenvalue weighted by molar-refractivity contribution is 5.76. The fourth-order valence-corrected chi connectivity index (χ4v) is 3.72. The molecule has 0 N–H and O–H groups in total. The fourth-order valence-electron chi connectivity index (χ4n) is 3.72. The standard InChI is InChI=1S/C24H26FN3O3/c1-27(17-18-6-2-5-9-21(18)28-12-14-30-15-13-28)24(29)11-10-23-26-16-22(31-23)19-7-3-4-8-20(19)25/h2-9,16H,10-15,17H2,1H3. The van der Waals surface area contributed by atoms with Crippen LogP contribution in [-0.4, -0.2) is 49.1 Å². The van der Waals surface area contributed by atoms with Crippen molar-refractivity contribution >= 4 is 11.6 Å². The Bertz CT molecular complexity index is 1030. The molecular formula is C24H26FN3O3. The smallest absolute Gasteiger partial charge is 0.223 e. The van der Waals surface area contributed by atoms with Gasteiger partial charge in [-0.25, -0.2) is 9.37 Å². The van der Waals surface area contributed by atoms with Gasteiger partial charge in [-0.1, -0.05) is 30.3 Å². The zero-order chi connectivity index (χ0) is 21.6. The highest BCUT2D eigenvalue weighted by Gasteiger charge is 2.18. The lowest BCUT2D eigenvalue weighted by atomic mass is 10.1. The van der Waals surface area contributed by atoms with Gasteiger partial charge in [0.05, 0.1) is 25.0 Å². The minimum atomic E-state index is -0.361. The number of aryl methyl sites for hydroxylation is 1. The number of benzene rings is 2. The maximum absolute atomic E-state index is 13.9. The molecule has 0 spiro atoms. The van der Waals surface area contributed by atoms with Crippen molar-refractivity contribution in [3.05, 3.63) is 72.0 Å². The van der Waals surface area contributed by atoms with Crippen molar-refractivity contribution in [3.8, 4) is 11.3 Å². The highest BCUT2D eigenvalue weighted by Crippen LogP contribution is 2.25. The van der Waals surface area contributed by atoms with Crippen molar-refractivity contribution < 1.29 is 18.3 Å². The van der Waals surface area contributed by atoms with E-state index in [2.05, 4.69) is 22.0 Å². The SMILES string of the molecule is CN(Cc1ccccc1N1CCOCC1)C(=O)CCc1ncc(-c2ccccc2F)o1. The molecule has 6 nitrogen and oxygen atoms in total. The van der Waals surface area contributed by atoms with Crippen LogP contribution in [0.4, 0.5) is 10.1 Å². The summed E-state index contributed by atoms with van der Waals surface area (Å²) < 4.78 is 25.0. The van der Waals surface area contributed by atoms with Gasteiger partial charge in [-0.2, -0.15) is 0 Å². The molecular weight excluding hydrogens is 397 g/mol. The van der Waals surface area contributed by atoms with Crippen LogP contribution in [-0.2, 0) is 22.5 Å². The van der Waals surface area contributed by atoms with Gasteiger partial charge in [-0.15, -0.1) is 0 Å². The quantitative estimate of drug-likeness (QED) is 0.577. The van der Waals surface area contributed by atoms with Gasteiger partial charge in [0, 0.05) is 45.2 Å². The molecule has 4 rings (SSSR count). The summed E-state index contributed by atoms with van der Waals surface area (Å²) in [7, 11) is 1.80. The minimum Gasteiger partial charge on any atom is -0.441 e. The number of carbonyl (C=O) groups excluding carboxylic acids is 1. The second kappa shape index (κ2) is 9.75. The molecule has 1 aromatic heterocycles. The molecule has 0 atom stereocenters. The van der Waals surface area contributed by atoms with Crippen molar-refractivity contribution in [1.29, 1.82) is 0 Å². The number of oxazole rings is 1. The second-order valence-electron chi connectivity index (χ2n) is 7.58. The third-order valence-electron chi connectivity index (χ3n) is 5.42. The van der Waals surface area contributed by atoms with Crippen molar-refractivity contribution in [2.45, 2.75) is 19.4 Å². The van der Waals surface area contributed by atoms with Crippen molar-refractivity contribution in [2.24, 2.45) is 0 Å². The van der Waals surface area contributed by atoms with E-state index in [0.29, 0.717) is 43.4 Å². The van der Waals surface area contributed by atoms with Crippen LogP contribution in [0.2, 0.25) is 0 Å². The van der Waals surface area contributed by atoms with Crippen LogP contribution in [0.3, 0.4) is 0 Å². The number of hydrogen-bond acceptors (Lipinski definition) is 5. The Kier molecular flexibility index (Phi) is 6.62. The molecule has 3 aromatic rings. The molecule has 0 unspecified atom stereocenters. The zero-order valence-corrected chi connectivity index (χ0v) is 17.6. The Morgan fingerprint density at radius 1 is 1.13 bits per heavy atom. The molecule has 0 radical (unpaired) electrons. The van der Waals surface area contributed by atoms with Crippen molar-refractivity contribution in [1.82, 2.24) is 9.88 Å². The lowest BCUT2D eigenvalue weighted by Gasteiger charge is -2.31. The molecule has 2 heterocycles. The predicted molar refractivity (Wildman–Crippen MR) is 116 cm³/mol. The first-order valence-electron chi connectivity index (χ1n) is 10.5. The van der Waals surface area contributed by atoms with Crippen LogP contribution in [0.25, 0.3) is 11.3 Å². The first kappa shape index (κ1) is 21.1. The largest absolute Gasteiger partial charge is 0.441 e. The average Bonchev–Trinajstić information content (AvgIpc) is 3.27. The van der Waals surface area contributed by atoms with Gasteiger partial charge in [-0.3, -0.25) is 4.79 Å². The molecule has 0 bridgehead atoms. The number of aromatic nitrogens is 1. The van der Waals surface area contributed by atoms with Gasteiger partial charge in [0.25, 0.3) is 0 Å². The minimum absolute atomic E-state index is 0.00224. The number of rotatable bonds is 7. The van der Waals surface area contributed by atoms with Crippen LogP contribution in [0.15, 0.2) is 59.1 Å². The van der Waals surface area contributed by atoms with Crippen molar-refractivity contribution in [3.63, 3.8) is 0 Å². The van der Waals surface area contributed by atoms with Gasteiger partial charge in [0.15, 0.2) is 11.7 Å². The average molecular weight is 423 g/mol. The van der Waals surface area contributed by atoms with Gasteiger partial charge in [-0.05, 0) is 23.8 Å². The van der Waals surface area contributed by atoms with E-state index in [9.17, 15) is 9.18 Å². The summed E-state index contributed by atoms with van der Waals surface area (Å²) in [5.41, 5.74) is 2.62. The Balaban J connectivity index is 1.35. The van der Waals surface area contributed by atoms with E-state index < -0.39 is 0 Å². The molecule has 1 amide bonds. The number of para-hydroxylation sites is 1. The van der Waals surface area contributed by atoms with Crippen LogP contribution >= 0.6 is 0 Å². The first-order valence-corrected chi connectivity index (χ1v) is 10.5. The summed E-state index contributed by atoms with van der Waals surface area (Å²) in [6.07, 6.45) is 2.14. The summed E-state index contributed by atoms with van der Waals surface area (Å²) >= 11 is 0. The summed E-state index contributed by atoms with van der Waals surface area (Å²) in [5, 5.41) is 0. The van der Waals surface area contributed by atoms with E-state index in [1.165, 1.54) is 12.3 Å². The maximum Gasteiger partial charge on any atom is 0.223 e. The molecule has 0 aliphatic carbocycles. The number of anilines is 1. The molecule has 31 heavy (non-hydrogen) atoms. The third kappa shape index (κ3) is 5.11. The molecule has 0 saturated carbocycles. The van der Waals surface area contributed by atoms with E-state index in [0.717, 1.165) is 24.3 Å². The van der Waals surface area contributed by atoms with E-state index >= 15 is 0 Å². The number of hydrogen-bond donors (Lipinski definition) is 0. The highest BCUT2D eigenvalue weighted by atomic mass is 19.1. The zero-order valence-electron chi connectivity index (χ0n) is 17.6. The molecule has 1 saturated heterocycles. The number of morpholine rings is 1. The number of nitrogens with zero attached hydrogens (tertiary/aromatic N) is 3. The number of amides is 1. The van der Waals surface area contributed by atoms with Crippen LogP contribution in [0.5, 0.6) is 0 Å². The molecule has 1 aliphatic heterocycles. The van der Waals surface area contributed by atoms with Crippen LogP contribution in [0, 0.1) is 5.82 Å². The van der Waals surface area contributed by atoms with Gasteiger partial charge in [0.2, 0.25) is 5.91 Å². The Morgan fingerprint density at radius 2 is 1.87 bits per heavy atom. The van der Waals surface area contributed by atoms with E-state index in [-0.39, 0.29) is 18.1 Å². The number of ether oxygens (including phenoxy) is 1. The van der Waals surface area contributed by atoms with Gasteiger partial charge in [0.1, 0.15) is 5.82 Å². The predicted octanol–water partition coefficient (Wildman–Crippen LogP) is 3.91. The normalized spacial score (nSPS) is 13.9. The molecule has 1 fully saturated rings. The van der Waals surface area contributed by atoms with E-state index in [1.807, 2.05) is 12.1 Å². The van der Waals surface area contributed by atoms with E-state index in [4.69, 9.17) is 9.15 Å².